The molecule has 2 aromatic rings. The Morgan fingerprint density at radius 1 is 1.05 bits per heavy atom. The predicted octanol–water partition coefficient (Wildman–Crippen LogP) is 3.51. The highest BCUT2D eigenvalue weighted by molar-refractivity contribution is 5.32. The van der Waals surface area contributed by atoms with Crippen LogP contribution in [0.2, 0.25) is 0 Å². The molecule has 0 fully saturated rings. The molecule has 0 spiro atoms. The van der Waals surface area contributed by atoms with Crippen LogP contribution in [0.25, 0.3) is 0 Å². The number of aliphatic hydroxyl groups is 1. The molecule has 0 aliphatic carbocycles. The number of ether oxygens (including phenoxy) is 2. The van der Waals surface area contributed by atoms with Gasteiger partial charge in [-0.05, 0) is 48.2 Å². The summed E-state index contributed by atoms with van der Waals surface area (Å²) in [5, 5.41) is 10.2. The molecule has 1 N–H and O–H groups in total. The normalized spacial score (nSPS) is 12.0. The van der Waals surface area contributed by atoms with Crippen molar-refractivity contribution < 1.29 is 19.0 Å². The summed E-state index contributed by atoms with van der Waals surface area (Å²) >= 11 is 0. The molecule has 1 atom stereocenters. The Kier molecular flexibility index (Phi) is 5.17. The number of rotatable bonds is 6. The van der Waals surface area contributed by atoms with E-state index in [1.165, 1.54) is 19.2 Å². The lowest BCUT2D eigenvalue weighted by Crippen LogP contribution is -2.01. The van der Waals surface area contributed by atoms with Crippen molar-refractivity contribution in [2.24, 2.45) is 0 Å². The Labute approximate surface area is 124 Å². The molecule has 0 bridgehead atoms. The summed E-state index contributed by atoms with van der Waals surface area (Å²) in [4.78, 5) is 0. The average molecular weight is 290 g/mol. The van der Waals surface area contributed by atoms with Crippen LogP contribution in [0.4, 0.5) is 4.39 Å². The van der Waals surface area contributed by atoms with Crippen molar-refractivity contribution in [2.45, 2.75) is 18.9 Å². The number of hydrogen-bond donors (Lipinski definition) is 1. The maximum Gasteiger partial charge on any atom is 0.165 e. The largest absolute Gasteiger partial charge is 0.497 e. The SMILES string of the molecule is COc1ccc(CCC(O)c2ccc(F)c(OC)c2)cc1. The third kappa shape index (κ3) is 3.95. The number of aliphatic hydroxyl groups excluding tert-OH is 1. The monoisotopic (exact) mass is 290 g/mol. The van der Waals surface area contributed by atoms with Gasteiger partial charge in [0.15, 0.2) is 11.6 Å². The van der Waals surface area contributed by atoms with Crippen molar-refractivity contribution in [3.63, 3.8) is 0 Å². The lowest BCUT2D eigenvalue weighted by atomic mass is 10.0. The first kappa shape index (κ1) is 15.3. The number of aryl methyl sites for hydroxylation is 1. The van der Waals surface area contributed by atoms with Crippen molar-refractivity contribution in [1.29, 1.82) is 0 Å². The predicted molar refractivity (Wildman–Crippen MR) is 79.2 cm³/mol. The highest BCUT2D eigenvalue weighted by Gasteiger charge is 2.11. The molecule has 3 nitrogen and oxygen atoms in total. The first-order chi connectivity index (χ1) is 10.1. The highest BCUT2D eigenvalue weighted by Crippen LogP contribution is 2.25. The molecule has 0 heterocycles. The zero-order chi connectivity index (χ0) is 15.2. The van der Waals surface area contributed by atoms with E-state index in [4.69, 9.17) is 9.47 Å². The van der Waals surface area contributed by atoms with Crippen molar-refractivity contribution in [1.82, 2.24) is 0 Å². The van der Waals surface area contributed by atoms with Gasteiger partial charge in [-0.1, -0.05) is 18.2 Å². The van der Waals surface area contributed by atoms with Crippen LogP contribution in [0.15, 0.2) is 42.5 Å². The van der Waals surface area contributed by atoms with Gasteiger partial charge in [0.2, 0.25) is 0 Å². The van der Waals surface area contributed by atoms with Crippen LogP contribution in [0.5, 0.6) is 11.5 Å². The van der Waals surface area contributed by atoms with E-state index in [0.29, 0.717) is 12.0 Å². The van der Waals surface area contributed by atoms with Gasteiger partial charge in [0.05, 0.1) is 20.3 Å². The third-order valence-corrected chi connectivity index (χ3v) is 3.43. The van der Waals surface area contributed by atoms with E-state index >= 15 is 0 Å². The van der Waals surface area contributed by atoms with Gasteiger partial charge in [-0.15, -0.1) is 0 Å². The maximum atomic E-state index is 13.3. The van der Waals surface area contributed by atoms with E-state index in [9.17, 15) is 9.50 Å². The van der Waals surface area contributed by atoms with E-state index in [0.717, 1.165) is 17.7 Å². The Hall–Kier alpha value is -2.07. The van der Waals surface area contributed by atoms with Gasteiger partial charge in [0.1, 0.15) is 5.75 Å². The van der Waals surface area contributed by atoms with Crippen LogP contribution in [0, 0.1) is 5.82 Å². The van der Waals surface area contributed by atoms with Gasteiger partial charge in [-0.25, -0.2) is 4.39 Å². The summed E-state index contributed by atoms with van der Waals surface area (Å²) < 4.78 is 23.4. The van der Waals surface area contributed by atoms with Crippen LogP contribution < -0.4 is 9.47 Å². The summed E-state index contributed by atoms with van der Waals surface area (Å²) in [6, 6.07) is 12.1. The standard InChI is InChI=1S/C17H19FO3/c1-20-14-7-3-12(4-8-14)5-10-16(19)13-6-9-15(18)17(11-13)21-2/h3-4,6-9,11,16,19H,5,10H2,1-2H3. The van der Waals surface area contributed by atoms with Gasteiger partial charge in [-0.2, -0.15) is 0 Å². The first-order valence-corrected chi connectivity index (χ1v) is 6.78. The maximum absolute atomic E-state index is 13.3. The molecule has 0 aromatic heterocycles. The topological polar surface area (TPSA) is 38.7 Å². The fourth-order valence-electron chi connectivity index (χ4n) is 2.15. The summed E-state index contributed by atoms with van der Waals surface area (Å²) in [5.74, 6) is 0.530. The van der Waals surface area contributed by atoms with Crippen LogP contribution in [0.3, 0.4) is 0 Å². The molecular weight excluding hydrogens is 271 g/mol. The minimum absolute atomic E-state index is 0.149. The van der Waals surface area contributed by atoms with Gasteiger partial charge < -0.3 is 14.6 Å². The van der Waals surface area contributed by atoms with Gasteiger partial charge in [0, 0.05) is 0 Å². The summed E-state index contributed by atoms with van der Waals surface area (Å²) in [7, 11) is 3.03. The van der Waals surface area contributed by atoms with Crippen LogP contribution >= 0.6 is 0 Å². The Morgan fingerprint density at radius 3 is 2.38 bits per heavy atom. The minimum Gasteiger partial charge on any atom is -0.497 e. The Bertz CT molecular complexity index is 581. The molecule has 4 heteroatoms. The first-order valence-electron chi connectivity index (χ1n) is 6.78. The number of benzene rings is 2. The molecule has 2 aromatic carbocycles. The molecule has 112 valence electrons. The van der Waals surface area contributed by atoms with Gasteiger partial charge in [-0.3, -0.25) is 0 Å². The molecule has 0 amide bonds. The Morgan fingerprint density at radius 2 is 1.76 bits per heavy atom. The number of methoxy groups -OCH3 is 2. The van der Waals surface area contributed by atoms with Crippen molar-refractivity contribution in [2.75, 3.05) is 14.2 Å². The molecule has 21 heavy (non-hydrogen) atoms. The van der Waals surface area contributed by atoms with E-state index in [2.05, 4.69) is 0 Å². The summed E-state index contributed by atoms with van der Waals surface area (Å²) in [6.45, 7) is 0. The molecule has 0 saturated heterocycles. The molecule has 1 unspecified atom stereocenters. The number of hydrogen-bond acceptors (Lipinski definition) is 3. The highest BCUT2D eigenvalue weighted by atomic mass is 19.1. The molecule has 0 radical (unpaired) electrons. The smallest absolute Gasteiger partial charge is 0.165 e. The van der Waals surface area contributed by atoms with Crippen LogP contribution in [0.1, 0.15) is 23.7 Å². The summed E-state index contributed by atoms with van der Waals surface area (Å²) in [5.41, 5.74) is 1.77. The molecule has 2 rings (SSSR count). The molecule has 0 aliphatic heterocycles. The number of halogens is 1. The van der Waals surface area contributed by atoms with Gasteiger partial charge >= 0.3 is 0 Å². The Balaban J connectivity index is 1.98. The molecular formula is C17H19FO3. The second-order valence-electron chi connectivity index (χ2n) is 4.80. The molecule has 0 saturated carbocycles. The molecule has 0 aliphatic rings. The zero-order valence-electron chi connectivity index (χ0n) is 12.2. The van der Waals surface area contributed by atoms with Crippen molar-refractivity contribution >= 4 is 0 Å². The lowest BCUT2D eigenvalue weighted by Gasteiger charge is -2.13. The van der Waals surface area contributed by atoms with E-state index < -0.39 is 11.9 Å². The third-order valence-electron chi connectivity index (χ3n) is 3.43. The van der Waals surface area contributed by atoms with E-state index in [-0.39, 0.29) is 5.75 Å². The second kappa shape index (κ2) is 7.09. The minimum atomic E-state index is -0.651. The second-order valence-corrected chi connectivity index (χ2v) is 4.80. The van der Waals surface area contributed by atoms with Crippen LogP contribution in [-0.2, 0) is 6.42 Å². The van der Waals surface area contributed by atoms with E-state index in [1.54, 1.807) is 13.2 Å². The fourth-order valence-corrected chi connectivity index (χ4v) is 2.15. The summed E-state index contributed by atoms with van der Waals surface area (Å²) in [6.07, 6.45) is 0.632. The zero-order valence-corrected chi connectivity index (χ0v) is 12.2. The van der Waals surface area contributed by atoms with Crippen LogP contribution in [-0.4, -0.2) is 19.3 Å². The van der Waals surface area contributed by atoms with Crippen molar-refractivity contribution in [3.8, 4) is 11.5 Å². The average Bonchev–Trinajstić information content (AvgIpc) is 2.53. The lowest BCUT2D eigenvalue weighted by molar-refractivity contribution is 0.167. The quantitative estimate of drug-likeness (QED) is 0.885. The fraction of sp³-hybridized carbons (Fsp3) is 0.294. The van der Waals surface area contributed by atoms with Crippen molar-refractivity contribution in [3.05, 3.63) is 59.4 Å². The van der Waals surface area contributed by atoms with E-state index in [1.807, 2.05) is 24.3 Å². The van der Waals surface area contributed by atoms with Gasteiger partial charge in [0.25, 0.3) is 0 Å².